The number of rotatable bonds is 4. The third kappa shape index (κ3) is 2.73. The van der Waals surface area contributed by atoms with Gasteiger partial charge in [0.15, 0.2) is 0 Å². The van der Waals surface area contributed by atoms with Crippen LogP contribution >= 0.6 is 0 Å². The topological polar surface area (TPSA) is 109 Å². The van der Waals surface area contributed by atoms with E-state index in [-0.39, 0.29) is 5.91 Å². The minimum absolute atomic E-state index is 0.303. The third-order valence-corrected chi connectivity index (χ3v) is 3.21. The van der Waals surface area contributed by atoms with Crippen molar-refractivity contribution in [2.24, 2.45) is 17.6 Å². The molecular weight excluding hydrogens is 248 g/mol. The molecule has 0 radical (unpaired) electrons. The second kappa shape index (κ2) is 4.72. The van der Waals surface area contributed by atoms with Crippen LogP contribution in [0.25, 0.3) is 0 Å². The smallest absolute Gasteiger partial charge is 0.307 e. The maximum Gasteiger partial charge on any atom is 0.307 e. The minimum atomic E-state index is -0.944. The average Bonchev–Trinajstić information content (AvgIpc) is 3.11. The van der Waals surface area contributed by atoms with Gasteiger partial charge in [-0.25, -0.2) is 0 Å². The number of aliphatic carboxylic acids is 1. The molecule has 0 heterocycles. The number of carbonyl (C=O) groups excluding carboxylic acids is 2. The lowest BCUT2D eigenvalue weighted by Crippen LogP contribution is -2.18. The molecule has 4 N–H and O–H groups in total. The van der Waals surface area contributed by atoms with E-state index in [1.807, 2.05) is 0 Å². The van der Waals surface area contributed by atoms with E-state index >= 15 is 0 Å². The van der Waals surface area contributed by atoms with E-state index in [4.69, 9.17) is 10.8 Å². The van der Waals surface area contributed by atoms with Gasteiger partial charge in [-0.05, 0) is 37.1 Å². The number of carbonyl (C=O) groups is 3. The number of carboxylic acid groups (broad SMARTS) is 1. The Labute approximate surface area is 109 Å². The molecule has 1 aliphatic rings. The molecule has 19 heavy (non-hydrogen) atoms. The van der Waals surface area contributed by atoms with Gasteiger partial charge in [-0.2, -0.15) is 0 Å². The Morgan fingerprint density at radius 2 is 2.00 bits per heavy atom. The van der Waals surface area contributed by atoms with Gasteiger partial charge in [0.2, 0.25) is 11.8 Å². The molecule has 0 unspecified atom stereocenters. The first-order valence-electron chi connectivity index (χ1n) is 5.84. The Morgan fingerprint density at radius 3 is 2.47 bits per heavy atom. The number of hydrogen-bond donors (Lipinski definition) is 3. The number of nitrogens with two attached hydrogens (primary N) is 1. The summed E-state index contributed by atoms with van der Waals surface area (Å²) in [6.45, 7) is 1.74. The van der Waals surface area contributed by atoms with Gasteiger partial charge in [0.25, 0.3) is 0 Å². The lowest BCUT2D eigenvalue weighted by Gasteiger charge is -2.09. The van der Waals surface area contributed by atoms with Crippen LogP contribution in [-0.2, 0) is 9.59 Å². The zero-order valence-electron chi connectivity index (χ0n) is 10.3. The molecule has 100 valence electrons. The van der Waals surface area contributed by atoms with E-state index < -0.39 is 23.7 Å². The second-order valence-electron chi connectivity index (χ2n) is 4.67. The standard InChI is InChI=1S/C13H14N2O4/c1-6-4-7(11(14)16)2-3-10(6)15-12(17)8-5-9(8)13(18)19/h2-4,8-9H,5H2,1H3,(H2,14,16)(H,15,17)(H,18,19)/t8-,9+/m1/s1. The molecule has 2 amide bonds. The van der Waals surface area contributed by atoms with Crippen molar-refractivity contribution in [2.45, 2.75) is 13.3 Å². The van der Waals surface area contributed by atoms with Gasteiger partial charge in [0.05, 0.1) is 11.8 Å². The highest BCUT2D eigenvalue weighted by atomic mass is 16.4. The van der Waals surface area contributed by atoms with E-state index in [9.17, 15) is 14.4 Å². The summed E-state index contributed by atoms with van der Waals surface area (Å²) in [6, 6.07) is 4.69. The Kier molecular flexibility index (Phi) is 3.25. The van der Waals surface area contributed by atoms with Crippen LogP contribution in [0, 0.1) is 18.8 Å². The molecule has 0 bridgehead atoms. The van der Waals surface area contributed by atoms with E-state index in [2.05, 4.69) is 5.32 Å². The molecule has 0 aromatic heterocycles. The summed E-state index contributed by atoms with van der Waals surface area (Å²) in [4.78, 5) is 33.5. The maximum atomic E-state index is 11.8. The molecule has 6 heteroatoms. The predicted molar refractivity (Wildman–Crippen MR) is 67.6 cm³/mol. The SMILES string of the molecule is Cc1cc(C(N)=O)ccc1NC(=O)[C@@H]1C[C@@H]1C(=O)O. The van der Waals surface area contributed by atoms with Crippen molar-refractivity contribution in [2.75, 3.05) is 5.32 Å². The van der Waals surface area contributed by atoms with Gasteiger partial charge < -0.3 is 16.2 Å². The summed E-state index contributed by atoms with van der Waals surface area (Å²) in [5.41, 5.74) is 6.79. The van der Waals surface area contributed by atoms with Crippen molar-refractivity contribution in [1.29, 1.82) is 0 Å². The van der Waals surface area contributed by atoms with Crippen LogP contribution in [0.4, 0.5) is 5.69 Å². The summed E-state index contributed by atoms with van der Waals surface area (Å²) in [5, 5.41) is 11.4. The van der Waals surface area contributed by atoms with Crippen molar-refractivity contribution >= 4 is 23.5 Å². The van der Waals surface area contributed by atoms with Crippen LogP contribution in [0.3, 0.4) is 0 Å². The molecule has 1 fully saturated rings. The van der Waals surface area contributed by atoms with Crippen LogP contribution in [0.5, 0.6) is 0 Å². The fraction of sp³-hybridized carbons (Fsp3) is 0.308. The number of amides is 2. The first kappa shape index (κ1) is 13.1. The summed E-state index contributed by atoms with van der Waals surface area (Å²) < 4.78 is 0. The molecule has 6 nitrogen and oxygen atoms in total. The zero-order chi connectivity index (χ0) is 14.2. The summed E-state index contributed by atoms with van der Waals surface area (Å²) in [7, 11) is 0. The van der Waals surface area contributed by atoms with Crippen molar-refractivity contribution in [3.05, 3.63) is 29.3 Å². The Morgan fingerprint density at radius 1 is 1.32 bits per heavy atom. The normalized spacial score (nSPS) is 20.7. The molecule has 1 aromatic carbocycles. The third-order valence-electron chi connectivity index (χ3n) is 3.21. The highest BCUT2D eigenvalue weighted by Gasteiger charge is 2.48. The van der Waals surface area contributed by atoms with Crippen molar-refractivity contribution < 1.29 is 19.5 Å². The van der Waals surface area contributed by atoms with E-state index in [0.717, 1.165) is 0 Å². The number of carboxylic acids is 1. The van der Waals surface area contributed by atoms with Crippen molar-refractivity contribution in [3.63, 3.8) is 0 Å². The van der Waals surface area contributed by atoms with Crippen LogP contribution in [0.15, 0.2) is 18.2 Å². The number of benzene rings is 1. The number of aryl methyl sites for hydroxylation is 1. The Bertz CT molecular complexity index is 568. The lowest BCUT2D eigenvalue weighted by atomic mass is 10.1. The highest BCUT2D eigenvalue weighted by Crippen LogP contribution is 2.39. The van der Waals surface area contributed by atoms with Crippen LogP contribution in [0.1, 0.15) is 22.3 Å². The quantitative estimate of drug-likeness (QED) is 0.743. The van der Waals surface area contributed by atoms with Crippen LogP contribution < -0.4 is 11.1 Å². The van der Waals surface area contributed by atoms with Gasteiger partial charge >= 0.3 is 5.97 Å². The summed E-state index contributed by atoms with van der Waals surface area (Å²) >= 11 is 0. The first-order chi connectivity index (χ1) is 8.90. The molecular formula is C13H14N2O4. The largest absolute Gasteiger partial charge is 0.481 e. The van der Waals surface area contributed by atoms with Gasteiger partial charge in [0.1, 0.15) is 0 Å². The highest BCUT2D eigenvalue weighted by molar-refractivity contribution is 5.99. The van der Waals surface area contributed by atoms with Crippen molar-refractivity contribution in [1.82, 2.24) is 0 Å². The molecule has 1 aromatic rings. The molecule has 0 saturated heterocycles. The maximum absolute atomic E-state index is 11.8. The van der Waals surface area contributed by atoms with E-state index in [1.165, 1.54) is 6.07 Å². The number of primary amides is 1. The molecule has 1 saturated carbocycles. The molecule has 2 rings (SSSR count). The van der Waals surface area contributed by atoms with Crippen molar-refractivity contribution in [3.8, 4) is 0 Å². The fourth-order valence-electron chi connectivity index (χ4n) is 1.94. The van der Waals surface area contributed by atoms with E-state index in [0.29, 0.717) is 23.2 Å². The summed E-state index contributed by atoms with van der Waals surface area (Å²) in [6.07, 6.45) is 0.375. The average molecular weight is 262 g/mol. The molecule has 1 aliphatic carbocycles. The number of hydrogen-bond acceptors (Lipinski definition) is 3. The lowest BCUT2D eigenvalue weighted by molar-refractivity contribution is -0.139. The fourth-order valence-corrected chi connectivity index (χ4v) is 1.94. The Balaban J connectivity index is 2.06. The van der Waals surface area contributed by atoms with Gasteiger partial charge in [-0.15, -0.1) is 0 Å². The van der Waals surface area contributed by atoms with Crippen LogP contribution in [0.2, 0.25) is 0 Å². The Hall–Kier alpha value is -2.37. The summed E-state index contributed by atoms with van der Waals surface area (Å²) in [5.74, 6) is -2.82. The monoisotopic (exact) mass is 262 g/mol. The molecule has 0 aliphatic heterocycles. The number of nitrogens with one attached hydrogen (secondary N) is 1. The van der Waals surface area contributed by atoms with Gasteiger partial charge in [-0.1, -0.05) is 0 Å². The van der Waals surface area contributed by atoms with Crippen LogP contribution in [-0.4, -0.2) is 22.9 Å². The van der Waals surface area contributed by atoms with E-state index in [1.54, 1.807) is 19.1 Å². The zero-order valence-corrected chi connectivity index (χ0v) is 10.3. The predicted octanol–water partition coefficient (Wildman–Crippen LogP) is 0.753. The molecule has 0 spiro atoms. The van der Waals surface area contributed by atoms with Gasteiger partial charge in [0, 0.05) is 11.3 Å². The number of anilines is 1. The first-order valence-corrected chi connectivity index (χ1v) is 5.84. The second-order valence-corrected chi connectivity index (χ2v) is 4.67. The minimum Gasteiger partial charge on any atom is -0.481 e. The molecule has 2 atom stereocenters. The van der Waals surface area contributed by atoms with Gasteiger partial charge in [-0.3, -0.25) is 14.4 Å².